The Balaban J connectivity index is 1.74. The van der Waals surface area contributed by atoms with Gasteiger partial charge in [-0.3, -0.25) is 19.3 Å². The predicted octanol–water partition coefficient (Wildman–Crippen LogP) is 2.73. The number of benzene rings is 2. The maximum Gasteiger partial charge on any atom is 0.255 e. The molecule has 0 radical (unpaired) electrons. The molecule has 1 aliphatic heterocycles. The van der Waals surface area contributed by atoms with Crippen LogP contribution in [0.2, 0.25) is 0 Å². The minimum Gasteiger partial charge on any atom is -0.322 e. The second-order valence-electron chi connectivity index (χ2n) is 5.13. The summed E-state index contributed by atoms with van der Waals surface area (Å²) in [5.41, 5.74) is 1.30. The van der Waals surface area contributed by atoms with Crippen molar-refractivity contribution in [1.29, 1.82) is 0 Å². The Hall–Kier alpha value is -3.02. The van der Waals surface area contributed by atoms with E-state index in [-0.39, 0.29) is 36.4 Å². The number of nitrogens with one attached hydrogen (secondary N) is 1. The molecule has 2 aromatic carbocycles. The summed E-state index contributed by atoms with van der Waals surface area (Å²) < 4.78 is 12.8. The highest BCUT2D eigenvalue weighted by atomic mass is 19.1. The van der Waals surface area contributed by atoms with Crippen LogP contribution in [-0.4, -0.2) is 17.7 Å². The zero-order valence-corrected chi connectivity index (χ0v) is 12.1. The molecule has 0 aliphatic carbocycles. The topological polar surface area (TPSA) is 66.5 Å². The molecule has 3 amide bonds. The van der Waals surface area contributed by atoms with E-state index in [1.54, 1.807) is 12.1 Å². The number of carbonyl (C=O) groups excluding carboxylic acids is 3. The normalized spacial score (nSPS) is 14.2. The fourth-order valence-corrected chi connectivity index (χ4v) is 2.36. The third-order valence-electron chi connectivity index (χ3n) is 3.54. The largest absolute Gasteiger partial charge is 0.322 e. The molecule has 0 atom stereocenters. The fraction of sp³-hybridized carbons (Fsp3) is 0.118. The maximum atomic E-state index is 12.8. The molecule has 1 fully saturated rings. The van der Waals surface area contributed by atoms with Gasteiger partial charge in [-0.25, -0.2) is 4.39 Å². The summed E-state index contributed by atoms with van der Waals surface area (Å²) in [6, 6.07) is 11.6. The van der Waals surface area contributed by atoms with E-state index in [1.165, 1.54) is 36.4 Å². The first kappa shape index (κ1) is 14.9. The lowest BCUT2D eigenvalue weighted by Gasteiger charge is -2.14. The number of anilines is 2. The first-order valence-corrected chi connectivity index (χ1v) is 7.07. The Morgan fingerprint density at radius 3 is 2.04 bits per heavy atom. The molecule has 116 valence electrons. The van der Waals surface area contributed by atoms with Crippen LogP contribution in [0.25, 0.3) is 0 Å². The van der Waals surface area contributed by atoms with Crippen molar-refractivity contribution in [1.82, 2.24) is 0 Å². The van der Waals surface area contributed by atoms with E-state index in [0.717, 1.165) is 4.90 Å². The van der Waals surface area contributed by atoms with Gasteiger partial charge in [0.25, 0.3) is 5.91 Å². The molecule has 0 saturated carbocycles. The number of amides is 3. The Morgan fingerprint density at radius 1 is 0.913 bits per heavy atom. The highest BCUT2D eigenvalue weighted by Gasteiger charge is 2.30. The summed E-state index contributed by atoms with van der Waals surface area (Å²) >= 11 is 0. The van der Waals surface area contributed by atoms with Crippen LogP contribution in [0.4, 0.5) is 15.8 Å². The molecular formula is C17H13FN2O3. The number of halogens is 1. The van der Waals surface area contributed by atoms with Gasteiger partial charge in [-0.05, 0) is 48.5 Å². The standard InChI is InChI=1S/C17H13FN2O3/c18-12-3-5-13(6-4-12)19-17(23)11-1-7-14(8-2-11)20-15(21)9-10-16(20)22/h1-8H,9-10H2,(H,19,23). The number of nitrogens with zero attached hydrogens (tertiary/aromatic N) is 1. The monoisotopic (exact) mass is 312 g/mol. The van der Waals surface area contributed by atoms with E-state index in [9.17, 15) is 18.8 Å². The van der Waals surface area contributed by atoms with Crippen molar-refractivity contribution < 1.29 is 18.8 Å². The summed E-state index contributed by atoms with van der Waals surface area (Å²) in [5.74, 6) is -1.22. The molecule has 0 aromatic heterocycles. The van der Waals surface area contributed by atoms with Crippen molar-refractivity contribution in [2.75, 3.05) is 10.2 Å². The molecule has 1 heterocycles. The molecular weight excluding hydrogens is 299 g/mol. The molecule has 1 N–H and O–H groups in total. The SMILES string of the molecule is O=C(Nc1ccc(F)cc1)c1ccc(N2C(=O)CCC2=O)cc1. The van der Waals surface area contributed by atoms with E-state index < -0.39 is 0 Å². The van der Waals surface area contributed by atoms with Crippen molar-refractivity contribution in [3.8, 4) is 0 Å². The lowest BCUT2D eigenvalue weighted by Crippen LogP contribution is -2.28. The fourth-order valence-electron chi connectivity index (χ4n) is 2.36. The van der Waals surface area contributed by atoms with E-state index >= 15 is 0 Å². The number of hydrogen-bond donors (Lipinski definition) is 1. The van der Waals surface area contributed by atoms with Crippen LogP contribution in [0.15, 0.2) is 48.5 Å². The maximum absolute atomic E-state index is 12.8. The van der Waals surface area contributed by atoms with E-state index in [0.29, 0.717) is 16.9 Å². The highest BCUT2D eigenvalue weighted by Crippen LogP contribution is 2.23. The first-order valence-electron chi connectivity index (χ1n) is 7.07. The summed E-state index contributed by atoms with van der Waals surface area (Å²) in [7, 11) is 0. The Kier molecular flexibility index (Phi) is 3.89. The minimum absolute atomic E-state index is 0.214. The van der Waals surface area contributed by atoms with Crippen LogP contribution >= 0.6 is 0 Å². The van der Waals surface area contributed by atoms with Gasteiger partial charge in [-0.2, -0.15) is 0 Å². The average Bonchev–Trinajstić information content (AvgIpc) is 2.88. The van der Waals surface area contributed by atoms with Crippen LogP contribution in [0.3, 0.4) is 0 Å². The lowest BCUT2D eigenvalue weighted by molar-refractivity contribution is -0.121. The van der Waals surface area contributed by atoms with Crippen LogP contribution < -0.4 is 10.2 Å². The molecule has 3 rings (SSSR count). The number of carbonyl (C=O) groups is 3. The van der Waals surface area contributed by atoms with Crippen molar-refractivity contribution in [2.24, 2.45) is 0 Å². The molecule has 1 aliphatic rings. The number of hydrogen-bond acceptors (Lipinski definition) is 3. The zero-order chi connectivity index (χ0) is 16.4. The predicted molar refractivity (Wildman–Crippen MR) is 82.5 cm³/mol. The van der Waals surface area contributed by atoms with Gasteiger partial charge in [-0.1, -0.05) is 0 Å². The van der Waals surface area contributed by atoms with Gasteiger partial charge in [0.2, 0.25) is 11.8 Å². The van der Waals surface area contributed by atoms with Crippen molar-refractivity contribution >= 4 is 29.1 Å². The molecule has 0 bridgehead atoms. The summed E-state index contributed by atoms with van der Waals surface area (Å²) in [4.78, 5) is 36.6. The molecule has 6 heteroatoms. The van der Waals surface area contributed by atoms with Crippen LogP contribution in [-0.2, 0) is 9.59 Å². The number of rotatable bonds is 3. The minimum atomic E-state index is -0.382. The number of imide groups is 1. The van der Waals surface area contributed by atoms with Gasteiger partial charge in [0.1, 0.15) is 5.82 Å². The van der Waals surface area contributed by atoms with Crippen molar-refractivity contribution in [2.45, 2.75) is 12.8 Å². The second kappa shape index (κ2) is 6.00. The molecule has 5 nitrogen and oxygen atoms in total. The van der Waals surface area contributed by atoms with Crippen LogP contribution in [0, 0.1) is 5.82 Å². The van der Waals surface area contributed by atoms with E-state index in [2.05, 4.69) is 5.32 Å². The Bertz CT molecular complexity index is 753. The van der Waals surface area contributed by atoms with E-state index in [1.807, 2.05) is 0 Å². The van der Waals surface area contributed by atoms with Gasteiger partial charge in [0.15, 0.2) is 0 Å². The van der Waals surface area contributed by atoms with Crippen molar-refractivity contribution in [3.05, 3.63) is 59.9 Å². The van der Waals surface area contributed by atoms with Crippen molar-refractivity contribution in [3.63, 3.8) is 0 Å². The van der Waals surface area contributed by atoms with Gasteiger partial charge in [0.05, 0.1) is 5.69 Å². The van der Waals surface area contributed by atoms with Crippen LogP contribution in [0.1, 0.15) is 23.2 Å². The lowest BCUT2D eigenvalue weighted by atomic mass is 10.1. The molecule has 2 aromatic rings. The quantitative estimate of drug-likeness (QED) is 0.886. The highest BCUT2D eigenvalue weighted by molar-refractivity contribution is 6.20. The molecule has 1 saturated heterocycles. The van der Waals surface area contributed by atoms with Gasteiger partial charge < -0.3 is 5.32 Å². The second-order valence-corrected chi connectivity index (χ2v) is 5.13. The molecule has 0 unspecified atom stereocenters. The van der Waals surface area contributed by atoms with Gasteiger partial charge >= 0.3 is 0 Å². The Labute approximate surface area is 131 Å². The van der Waals surface area contributed by atoms with Gasteiger partial charge in [-0.15, -0.1) is 0 Å². The van der Waals surface area contributed by atoms with E-state index in [4.69, 9.17) is 0 Å². The molecule has 23 heavy (non-hydrogen) atoms. The van der Waals surface area contributed by atoms with Gasteiger partial charge in [0, 0.05) is 24.1 Å². The smallest absolute Gasteiger partial charge is 0.255 e. The third kappa shape index (κ3) is 3.11. The third-order valence-corrected chi connectivity index (χ3v) is 3.54. The summed E-state index contributed by atoms with van der Waals surface area (Å²) in [6.07, 6.45) is 0.428. The van der Waals surface area contributed by atoms with Crippen LogP contribution in [0.5, 0.6) is 0 Å². The summed E-state index contributed by atoms with van der Waals surface area (Å²) in [6.45, 7) is 0. The zero-order valence-electron chi connectivity index (χ0n) is 12.1. The average molecular weight is 312 g/mol. The summed E-state index contributed by atoms with van der Waals surface area (Å²) in [5, 5.41) is 2.64. The first-order chi connectivity index (χ1) is 11.0. The molecule has 0 spiro atoms. The Morgan fingerprint density at radius 2 is 1.48 bits per heavy atom.